The van der Waals surface area contributed by atoms with Crippen molar-refractivity contribution in [3.8, 4) is 0 Å². The van der Waals surface area contributed by atoms with Gasteiger partial charge in [0.15, 0.2) is 0 Å². The fourth-order valence-corrected chi connectivity index (χ4v) is 1.63. The minimum Gasteiger partial charge on any atom is -1.00 e. The fraction of sp³-hybridized carbons (Fsp3) is 1.00. The van der Waals surface area contributed by atoms with Gasteiger partial charge in [0.2, 0.25) is 0 Å². The molecule has 0 aliphatic rings. The van der Waals surface area contributed by atoms with Crippen LogP contribution in [0.25, 0.3) is 0 Å². The van der Waals surface area contributed by atoms with E-state index in [1.54, 1.807) is 0 Å². The summed E-state index contributed by atoms with van der Waals surface area (Å²) in [5.41, 5.74) is 0. The molecule has 0 nitrogen and oxygen atoms in total. The number of unbranched alkanes of at least 4 members (excludes halogenated alkanes) is 2. The summed E-state index contributed by atoms with van der Waals surface area (Å²) in [5, 5.41) is 0.775. The Balaban J connectivity index is 0. The average molecular weight is 241 g/mol. The van der Waals surface area contributed by atoms with E-state index in [0.29, 0.717) is 0 Å². The first kappa shape index (κ1) is 14.4. The molecule has 0 saturated carbocycles. The van der Waals surface area contributed by atoms with Crippen molar-refractivity contribution in [3.05, 3.63) is 0 Å². The molecule has 0 saturated heterocycles. The largest absolute Gasteiger partial charge is 1.00 e. The topological polar surface area (TPSA) is 0 Å². The van der Waals surface area contributed by atoms with Gasteiger partial charge >= 0.3 is 0 Å². The average Bonchev–Trinajstić information content (AvgIpc) is 1.89. The summed E-state index contributed by atoms with van der Waals surface area (Å²) in [7, 11) is 0. The van der Waals surface area contributed by atoms with Crippen molar-refractivity contribution < 1.29 is 17.0 Å². The van der Waals surface area contributed by atoms with Crippen LogP contribution in [-0.2, 0) is 12.6 Å². The van der Waals surface area contributed by atoms with Crippen molar-refractivity contribution in [1.82, 2.24) is 0 Å². The maximum atomic E-state index is 3.72. The van der Waals surface area contributed by atoms with Crippen LogP contribution >= 0.6 is 0 Å². The first-order valence-corrected chi connectivity index (χ1v) is 5.10. The third-order valence-corrected chi connectivity index (χ3v) is 2.37. The van der Waals surface area contributed by atoms with Gasteiger partial charge in [-0.1, -0.05) is 33.1 Å². The van der Waals surface area contributed by atoms with E-state index < -0.39 is 0 Å². The Morgan fingerprint density at radius 2 is 1.64 bits per heavy atom. The normalized spacial score (nSPS) is 12.3. The van der Waals surface area contributed by atoms with Gasteiger partial charge in [-0.25, -0.2) is 0 Å². The van der Waals surface area contributed by atoms with Gasteiger partial charge in [0.25, 0.3) is 0 Å². The molecule has 1 atom stereocenters. The minimum absolute atomic E-state index is 0. The lowest BCUT2D eigenvalue weighted by Crippen LogP contribution is -3.00. The van der Waals surface area contributed by atoms with Crippen molar-refractivity contribution >= 4 is 12.6 Å². The van der Waals surface area contributed by atoms with Gasteiger partial charge in [0.05, 0.1) is 0 Å². The van der Waals surface area contributed by atoms with Crippen LogP contribution in [0.15, 0.2) is 0 Å². The minimum atomic E-state index is 0. The molecule has 0 radical (unpaired) electrons. The quantitative estimate of drug-likeness (QED) is 0.444. The lowest BCUT2D eigenvalue weighted by molar-refractivity contribution is -0.00000223. The highest BCUT2D eigenvalue weighted by Gasteiger charge is 2.05. The number of hydrogen-bond donors (Lipinski definition) is 0. The van der Waals surface area contributed by atoms with E-state index in [9.17, 15) is 0 Å². The highest BCUT2D eigenvalue weighted by Crippen LogP contribution is 2.08. The van der Waals surface area contributed by atoms with Crippen molar-refractivity contribution in [3.63, 3.8) is 0 Å². The Morgan fingerprint density at radius 3 is 2.09 bits per heavy atom. The van der Waals surface area contributed by atoms with Crippen molar-refractivity contribution in [2.75, 3.05) is 0 Å². The summed E-state index contributed by atoms with van der Waals surface area (Å²) in [6, 6.07) is 0. The van der Waals surface area contributed by atoms with E-state index in [2.05, 4.69) is 26.5 Å². The van der Waals surface area contributed by atoms with Crippen LogP contribution in [0.5, 0.6) is 0 Å². The second kappa shape index (κ2) is 10.8. The number of halogens is 1. The van der Waals surface area contributed by atoms with Crippen LogP contribution in [0.2, 0.25) is 0 Å². The molecule has 11 heavy (non-hydrogen) atoms. The second-order valence-electron chi connectivity index (χ2n) is 2.98. The van der Waals surface area contributed by atoms with Crippen LogP contribution in [0.4, 0.5) is 0 Å². The Kier molecular flexibility index (Phi) is 14.1. The van der Waals surface area contributed by atoms with E-state index in [0.717, 1.165) is 5.25 Å². The molecule has 0 aliphatic carbocycles. The predicted octanol–water partition coefficient (Wildman–Crippen LogP) is -0.249. The smallest absolute Gasteiger partial charge is 0.113 e. The zero-order valence-electron chi connectivity index (χ0n) is 7.70. The third-order valence-electron chi connectivity index (χ3n) is 1.79. The molecule has 0 aliphatic heterocycles. The fourth-order valence-electron chi connectivity index (χ4n) is 1.13. The first-order chi connectivity index (χ1) is 4.81. The van der Waals surface area contributed by atoms with Crippen LogP contribution in [0.3, 0.4) is 0 Å². The van der Waals surface area contributed by atoms with Gasteiger partial charge in [0.1, 0.15) is 5.25 Å². The number of rotatable bonds is 6. The van der Waals surface area contributed by atoms with Crippen molar-refractivity contribution in [1.29, 1.82) is 0 Å². The molecule has 1 unspecified atom stereocenters. The summed E-state index contributed by atoms with van der Waals surface area (Å²) in [5.74, 6) is 0. The van der Waals surface area contributed by atoms with E-state index in [-0.39, 0.29) is 17.0 Å². The van der Waals surface area contributed by atoms with Crippen LogP contribution in [0, 0.1) is 0 Å². The number of hydrogen-bond acceptors (Lipinski definition) is 0. The molecular formula is C9H21BrS. The van der Waals surface area contributed by atoms with Gasteiger partial charge in [-0.3, -0.25) is 0 Å². The summed E-state index contributed by atoms with van der Waals surface area (Å²) in [6.45, 7) is 4.50. The van der Waals surface area contributed by atoms with Crippen molar-refractivity contribution in [2.45, 2.75) is 57.6 Å². The zero-order valence-corrected chi connectivity index (χ0v) is 10.3. The molecule has 0 aromatic rings. The van der Waals surface area contributed by atoms with Gasteiger partial charge in [0, 0.05) is 0 Å². The van der Waals surface area contributed by atoms with Gasteiger partial charge < -0.3 is 17.0 Å². The Hall–Kier alpha value is 0.830. The molecule has 2 heteroatoms. The standard InChI is InChI=1S/C9H20S.BrH/c1-3-5-6-8-9(10)7-4-2;/h9-10H,3-8H2,1-2H3;1H. The van der Waals surface area contributed by atoms with E-state index in [1.165, 1.54) is 38.5 Å². The van der Waals surface area contributed by atoms with Crippen LogP contribution in [0.1, 0.15) is 52.4 Å². The molecule has 0 aromatic carbocycles. The lowest BCUT2D eigenvalue weighted by Gasteiger charge is -2.01. The molecule has 0 spiro atoms. The SMILES string of the molecule is CCCCCC([SH2+])CCC.[Br-]. The molecule has 0 bridgehead atoms. The van der Waals surface area contributed by atoms with Crippen LogP contribution in [-0.4, -0.2) is 5.25 Å². The van der Waals surface area contributed by atoms with Gasteiger partial charge in [-0.15, -0.1) is 0 Å². The lowest BCUT2D eigenvalue weighted by atomic mass is 10.1. The van der Waals surface area contributed by atoms with E-state index >= 15 is 0 Å². The molecule has 0 amide bonds. The Bertz CT molecular complexity index is 66.6. The highest BCUT2D eigenvalue weighted by atomic mass is 79.9. The molecule has 70 valence electrons. The van der Waals surface area contributed by atoms with Crippen molar-refractivity contribution in [2.24, 2.45) is 0 Å². The van der Waals surface area contributed by atoms with E-state index in [1.807, 2.05) is 0 Å². The predicted molar refractivity (Wildman–Crippen MR) is 53.0 cm³/mol. The maximum Gasteiger partial charge on any atom is 0.113 e. The highest BCUT2D eigenvalue weighted by molar-refractivity contribution is 7.59. The molecule has 0 N–H and O–H groups in total. The van der Waals surface area contributed by atoms with Crippen LogP contribution < -0.4 is 17.0 Å². The Morgan fingerprint density at radius 1 is 1.00 bits per heavy atom. The van der Waals surface area contributed by atoms with Gasteiger partial charge in [-0.05, 0) is 31.9 Å². The molecule has 0 heterocycles. The van der Waals surface area contributed by atoms with Gasteiger partial charge in [-0.2, -0.15) is 0 Å². The third kappa shape index (κ3) is 10.8. The zero-order chi connectivity index (χ0) is 7.82. The summed E-state index contributed by atoms with van der Waals surface area (Å²) in [6.07, 6.45) is 8.12. The van der Waals surface area contributed by atoms with E-state index in [4.69, 9.17) is 0 Å². The summed E-state index contributed by atoms with van der Waals surface area (Å²) in [4.78, 5) is 0. The molecular weight excluding hydrogens is 220 g/mol. The molecule has 0 aromatic heterocycles. The maximum absolute atomic E-state index is 3.72. The second-order valence-corrected chi connectivity index (χ2v) is 3.80. The summed E-state index contributed by atoms with van der Waals surface area (Å²) >= 11 is 3.72. The summed E-state index contributed by atoms with van der Waals surface area (Å²) < 4.78 is 0. The monoisotopic (exact) mass is 240 g/mol. The Labute approximate surface area is 87.3 Å². The molecule has 0 fully saturated rings. The first-order valence-electron chi connectivity index (χ1n) is 4.52. The molecule has 0 rings (SSSR count).